The van der Waals surface area contributed by atoms with Crippen LogP contribution in [-0.2, 0) is 0 Å². The summed E-state index contributed by atoms with van der Waals surface area (Å²) in [6.45, 7) is 2.06. The van der Waals surface area contributed by atoms with Crippen molar-refractivity contribution < 1.29 is 9.47 Å². The van der Waals surface area contributed by atoms with Crippen molar-refractivity contribution in [2.75, 3.05) is 19.8 Å². The molecule has 1 fully saturated rings. The molecule has 0 bridgehead atoms. The van der Waals surface area contributed by atoms with Gasteiger partial charge in [0.05, 0.1) is 13.2 Å². The summed E-state index contributed by atoms with van der Waals surface area (Å²) in [5.74, 6) is 1.71. The van der Waals surface area contributed by atoms with E-state index in [9.17, 15) is 0 Å². The number of hydrogen-bond donors (Lipinski definition) is 2. The van der Waals surface area contributed by atoms with Gasteiger partial charge in [0.1, 0.15) is 0 Å². The van der Waals surface area contributed by atoms with E-state index in [1.165, 1.54) is 37.7 Å². The van der Waals surface area contributed by atoms with E-state index in [0.29, 0.717) is 12.6 Å². The summed E-state index contributed by atoms with van der Waals surface area (Å²) in [6, 6.07) is 7.02. The normalized spacial score (nSPS) is 20.8. The summed E-state index contributed by atoms with van der Waals surface area (Å²) < 4.78 is 11.5. The van der Waals surface area contributed by atoms with E-state index in [2.05, 4.69) is 17.4 Å². The van der Waals surface area contributed by atoms with Gasteiger partial charge in [-0.05, 0) is 30.5 Å². The zero-order valence-electron chi connectivity index (χ0n) is 12.6. The van der Waals surface area contributed by atoms with Crippen LogP contribution in [0.5, 0.6) is 11.5 Å². The maximum Gasteiger partial charge on any atom is 0.161 e. The zero-order valence-corrected chi connectivity index (χ0v) is 12.6. The van der Waals surface area contributed by atoms with E-state index in [-0.39, 0.29) is 6.04 Å². The maximum atomic E-state index is 5.99. The molecule has 116 valence electrons. The summed E-state index contributed by atoms with van der Waals surface area (Å²) in [6.07, 6.45) is 7.49. The quantitative estimate of drug-likeness (QED) is 0.895. The third kappa shape index (κ3) is 3.69. The van der Waals surface area contributed by atoms with Crippen LogP contribution in [-0.4, -0.2) is 25.8 Å². The second kappa shape index (κ2) is 7.14. The highest BCUT2D eigenvalue weighted by Gasteiger charge is 2.20. The molecular weight excluding hydrogens is 264 g/mol. The second-order valence-corrected chi connectivity index (χ2v) is 6.05. The maximum absolute atomic E-state index is 5.99. The van der Waals surface area contributed by atoms with Crippen LogP contribution in [0.25, 0.3) is 0 Å². The molecular formula is C17H26N2O2. The predicted octanol–water partition coefficient (Wildman–Crippen LogP) is 2.77. The molecule has 0 spiro atoms. The number of ether oxygens (including phenoxy) is 2. The number of rotatable bonds is 4. The van der Waals surface area contributed by atoms with Crippen molar-refractivity contribution in [2.24, 2.45) is 5.73 Å². The smallest absolute Gasteiger partial charge is 0.161 e. The number of benzene rings is 1. The van der Waals surface area contributed by atoms with Crippen LogP contribution in [0.2, 0.25) is 0 Å². The minimum absolute atomic E-state index is 0.199. The summed E-state index contributed by atoms with van der Waals surface area (Å²) in [5, 5.41) is 3.72. The fraction of sp³-hybridized carbons (Fsp3) is 0.647. The van der Waals surface area contributed by atoms with Crippen LogP contribution < -0.4 is 20.5 Å². The number of nitrogens with one attached hydrogen (secondary N) is 1. The average Bonchev–Trinajstić information content (AvgIpc) is 2.78. The molecule has 0 saturated heterocycles. The van der Waals surface area contributed by atoms with Crippen LogP contribution >= 0.6 is 0 Å². The van der Waals surface area contributed by atoms with Crippen LogP contribution in [0.3, 0.4) is 0 Å². The van der Waals surface area contributed by atoms with Gasteiger partial charge in [0.2, 0.25) is 0 Å². The molecule has 0 aromatic heterocycles. The number of fused-ring (bicyclic) bond motifs is 1. The molecule has 0 amide bonds. The molecule has 1 saturated carbocycles. The van der Waals surface area contributed by atoms with Crippen molar-refractivity contribution in [3.05, 3.63) is 23.8 Å². The molecule has 1 aromatic carbocycles. The van der Waals surface area contributed by atoms with Gasteiger partial charge >= 0.3 is 0 Å². The average molecular weight is 290 g/mol. The Morgan fingerprint density at radius 3 is 2.57 bits per heavy atom. The van der Waals surface area contributed by atoms with E-state index >= 15 is 0 Å². The zero-order chi connectivity index (χ0) is 14.5. The van der Waals surface area contributed by atoms with Gasteiger partial charge in [0, 0.05) is 25.0 Å². The van der Waals surface area contributed by atoms with E-state index in [1.54, 1.807) is 0 Å². The summed E-state index contributed by atoms with van der Waals surface area (Å²) >= 11 is 0. The Labute approximate surface area is 127 Å². The third-order valence-electron chi connectivity index (χ3n) is 4.45. The molecule has 1 heterocycles. The van der Waals surface area contributed by atoms with Gasteiger partial charge in [-0.15, -0.1) is 0 Å². The van der Waals surface area contributed by atoms with Gasteiger partial charge in [0.15, 0.2) is 11.5 Å². The lowest BCUT2D eigenvalue weighted by Crippen LogP contribution is -2.37. The molecule has 4 nitrogen and oxygen atoms in total. The lowest BCUT2D eigenvalue weighted by Gasteiger charge is -2.28. The summed E-state index contributed by atoms with van der Waals surface area (Å²) in [7, 11) is 0. The second-order valence-electron chi connectivity index (χ2n) is 6.05. The fourth-order valence-electron chi connectivity index (χ4n) is 3.25. The summed E-state index contributed by atoms with van der Waals surface area (Å²) in [5.41, 5.74) is 7.20. The molecule has 3 rings (SSSR count). The monoisotopic (exact) mass is 290 g/mol. The van der Waals surface area contributed by atoms with E-state index < -0.39 is 0 Å². The topological polar surface area (TPSA) is 56.5 Å². The van der Waals surface area contributed by atoms with Crippen LogP contribution in [0.1, 0.15) is 50.1 Å². The molecule has 1 aliphatic heterocycles. The largest absolute Gasteiger partial charge is 0.490 e. The lowest BCUT2D eigenvalue weighted by molar-refractivity contribution is 0.296. The molecule has 21 heavy (non-hydrogen) atoms. The highest BCUT2D eigenvalue weighted by molar-refractivity contribution is 5.44. The number of nitrogens with two attached hydrogens (primary N) is 1. The highest BCUT2D eigenvalue weighted by atomic mass is 16.5. The fourth-order valence-corrected chi connectivity index (χ4v) is 3.25. The van der Waals surface area contributed by atoms with Gasteiger partial charge in [0.25, 0.3) is 0 Å². The minimum atomic E-state index is 0.199. The molecule has 0 radical (unpaired) electrons. The Balaban J connectivity index is 1.72. The Bertz CT molecular complexity index is 458. The Kier molecular flexibility index (Phi) is 4.99. The van der Waals surface area contributed by atoms with Gasteiger partial charge in [-0.25, -0.2) is 0 Å². The highest BCUT2D eigenvalue weighted by Crippen LogP contribution is 2.32. The molecule has 1 aliphatic carbocycles. The van der Waals surface area contributed by atoms with Gasteiger partial charge in [-0.1, -0.05) is 25.3 Å². The molecule has 1 atom stereocenters. The first kappa shape index (κ1) is 14.7. The first-order valence-corrected chi connectivity index (χ1v) is 8.22. The minimum Gasteiger partial charge on any atom is -0.490 e. The first-order valence-electron chi connectivity index (χ1n) is 8.22. The molecule has 4 heteroatoms. The summed E-state index contributed by atoms with van der Waals surface area (Å²) in [4.78, 5) is 0. The number of hydrogen-bond acceptors (Lipinski definition) is 4. The molecule has 1 aromatic rings. The Morgan fingerprint density at radius 1 is 1.05 bits per heavy atom. The van der Waals surface area contributed by atoms with Crippen molar-refractivity contribution in [1.82, 2.24) is 5.32 Å². The SMILES string of the molecule is NCC(NC1CCCCC1)c1ccc2c(c1)OCCCO2. The van der Waals surface area contributed by atoms with Crippen molar-refractivity contribution in [3.8, 4) is 11.5 Å². The molecule has 1 unspecified atom stereocenters. The predicted molar refractivity (Wildman–Crippen MR) is 83.9 cm³/mol. The first-order chi connectivity index (χ1) is 10.4. The van der Waals surface area contributed by atoms with Gasteiger partial charge < -0.3 is 20.5 Å². The van der Waals surface area contributed by atoms with Crippen molar-refractivity contribution in [3.63, 3.8) is 0 Å². The van der Waals surface area contributed by atoms with E-state index in [4.69, 9.17) is 15.2 Å². The van der Waals surface area contributed by atoms with Gasteiger partial charge in [-0.2, -0.15) is 0 Å². The van der Waals surface area contributed by atoms with Crippen molar-refractivity contribution in [2.45, 2.75) is 50.6 Å². The van der Waals surface area contributed by atoms with E-state index in [1.807, 2.05) is 6.07 Å². The Hall–Kier alpha value is -1.26. The lowest BCUT2D eigenvalue weighted by atomic mass is 9.94. The van der Waals surface area contributed by atoms with Gasteiger partial charge in [-0.3, -0.25) is 0 Å². The van der Waals surface area contributed by atoms with Crippen LogP contribution in [0.15, 0.2) is 18.2 Å². The standard InChI is InChI=1S/C17H26N2O2/c18-12-15(19-14-5-2-1-3-6-14)13-7-8-16-17(11-13)21-10-4-9-20-16/h7-8,11,14-15,19H,1-6,9-10,12,18H2. The van der Waals surface area contributed by atoms with Crippen LogP contribution in [0, 0.1) is 0 Å². The third-order valence-corrected chi connectivity index (χ3v) is 4.45. The van der Waals surface area contributed by atoms with Crippen molar-refractivity contribution in [1.29, 1.82) is 0 Å². The molecule has 3 N–H and O–H groups in total. The Morgan fingerprint density at radius 2 is 1.81 bits per heavy atom. The molecule has 2 aliphatic rings. The van der Waals surface area contributed by atoms with Crippen molar-refractivity contribution >= 4 is 0 Å². The van der Waals surface area contributed by atoms with Crippen LogP contribution in [0.4, 0.5) is 0 Å². The van der Waals surface area contributed by atoms with E-state index in [0.717, 1.165) is 31.1 Å².